The second-order valence-electron chi connectivity index (χ2n) is 5.05. The van der Waals surface area contributed by atoms with Crippen LogP contribution in [0.1, 0.15) is 31.2 Å². The molecular weight excluding hydrogens is 252 g/mol. The molecule has 1 aliphatic rings. The predicted molar refractivity (Wildman–Crippen MR) is 66.5 cm³/mol. The Morgan fingerprint density at radius 3 is 2.84 bits per heavy atom. The second kappa shape index (κ2) is 5.65. The van der Waals surface area contributed by atoms with Crippen molar-refractivity contribution in [3.8, 4) is 0 Å². The second-order valence-corrected chi connectivity index (χ2v) is 5.05. The Morgan fingerprint density at radius 1 is 1.47 bits per heavy atom. The monoisotopic (exact) mass is 269 g/mol. The lowest BCUT2D eigenvalue weighted by Gasteiger charge is -2.06. The molecule has 0 radical (unpaired) electrons. The highest BCUT2D eigenvalue weighted by molar-refractivity contribution is 5.82. The zero-order valence-electron chi connectivity index (χ0n) is 10.7. The van der Waals surface area contributed by atoms with Gasteiger partial charge in [0.05, 0.1) is 6.10 Å². The van der Waals surface area contributed by atoms with Gasteiger partial charge in [-0.3, -0.25) is 4.79 Å². The van der Waals surface area contributed by atoms with Crippen LogP contribution in [0.3, 0.4) is 0 Å². The molecule has 1 aliphatic carbocycles. The van der Waals surface area contributed by atoms with Crippen molar-refractivity contribution in [2.45, 2.75) is 31.8 Å². The first-order valence-electron chi connectivity index (χ1n) is 6.39. The summed E-state index contributed by atoms with van der Waals surface area (Å²) < 4.78 is 25.9. The molecule has 0 aliphatic heterocycles. The summed E-state index contributed by atoms with van der Waals surface area (Å²) in [5.41, 5.74) is 0.662. The van der Waals surface area contributed by atoms with Gasteiger partial charge < -0.3 is 10.4 Å². The molecule has 104 valence electrons. The predicted octanol–water partition coefficient (Wildman–Crippen LogP) is 1.96. The van der Waals surface area contributed by atoms with Crippen LogP contribution in [-0.2, 0) is 4.79 Å². The summed E-state index contributed by atoms with van der Waals surface area (Å²) in [6.07, 6.45) is 0.723. The van der Waals surface area contributed by atoms with E-state index in [4.69, 9.17) is 5.11 Å². The third-order valence-electron chi connectivity index (χ3n) is 3.36. The maximum Gasteiger partial charge on any atom is 0.223 e. The van der Waals surface area contributed by atoms with Gasteiger partial charge in [-0.25, -0.2) is 8.78 Å². The van der Waals surface area contributed by atoms with Crippen LogP contribution >= 0.6 is 0 Å². The molecule has 1 amide bonds. The van der Waals surface area contributed by atoms with E-state index in [2.05, 4.69) is 5.32 Å². The van der Waals surface area contributed by atoms with Crippen LogP contribution in [0.5, 0.6) is 0 Å². The number of halogens is 2. The Bertz CT molecular complexity index is 477. The van der Waals surface area contributed by atoms with E-state index in [-0.39, 0.29) is 17.7 Å². The third kappa shape index (κ3) is 3.50. The number of hydrogen-bond donors (Lipinski definition) is 2. The lowest BCUT2D eigenvalue weighted by molar-refractivity contribution is -0.122. The molecule has 1 saturated carbocycles. The van der Waals surface area contributed by atoms with E-state index in [0.29, 0.717) is 24.9 Å². The molecule has 1 aromatic carbocycles. The molecule has 0 heterocycles. The number of rotatable bonds is 5. The van der Waals surface area contributed by atoms with E-state index < -0.39 is 17.7 Å². The first-order chi connectivity index (χ1) is 8.99. The van der Waals surface area contributed by atoms with Crippen LogP contribution in [0.15, 0.2) is 18.2 Å². The van der Waals surface area contributed by atoms with Gasteiger partial charge in [0.1, 0.15) is 0 Å². The van der Waals surface area contributed by atoms with Gasteiger partial charge in [-0.2, -0.15) is 0 Å². The SMILES string of the molecule is CC(O)CCNC(=O)C1CC1c1ccc(F)c(F)c1. The van der Waals surface area contributed by atoms with Crippen LogP contribution in [0, 0.1) is 17.6 Å². The van der Waals surface area contributed by atoms with Gasteiger partial charge in [-0.05, 0) is 43.4 Å². The maximum atomic E-state index is 13.1. The fourth-order valence-electron chi connectivity index (χ4n) is 2.13. The van der Waals surface area contributed by atoms with Crippen LogP contribution in [0.25, 0.3) is 0 Å². The molecule has 3 nitrogen and oxygen atoms in total. The van der Waals surface area contributed by atoms with Crippen molar-refractivity contribution in [1.29, 1.82) is 0 Å². The minimum Gasteiger partial charge on any atom is -0.393 e. The molecule has 2 rings (SSSR count). The number of carbonyl (C=O) groups is 1. The summed E-state index contributed by atoms with van der Waals surface area (Å²) in [5, 5.41) is 11.8. The molecule has 0 bridgehead atoms. The number of amides is 1. The molecule has 5 heteroatoms. The molecule has 2 N–H and O–H groups in total. The van der Waals surface area contributed by atoms with E-state index in [1.54, 1.807) is 6.92 Å². The standard InChI is InChI=1S/C14H17F2NO2/c1-8(18)4-5-17-14(19)11-7-10(11)9-2-3-12(15)13(16)6-9/h2-3,6,8,10-11,18H,4-5,7H2,1H3,(H,17,19). The van der Waals surface area contributed by atoms with E-state index in [1.807, 2.05) is 0 Å². The first-order valence-corrected chi connectivity index (χ1v) is 6.39. The molecular formula is C14H17F2NO2. The zero-order chi connectivity index (χ0) is 14.0. The summed E-state index contributed by atoms with van der Waals surface area (Å²) in [6.45, 7) is 2.09. The average molecular weight is 269 g/mol. The Balaban J connectivity index is 1.86. The number of aliphatic hydroxyl groups is 1. The molecule has 1 fully saturated rings. The maximum absolute atomic E-state index is 13.1. The summed E-state index contributed by atoms with van der Waals surface area (Å²) in [4.78, 5) is 11.8. The molecule has 1 aromatic rings. The Morgan fingerprint density at radius 2 is 2.21 bits per heavy atom. The summed E-state index contributed by atoms with van der Waals surface area (Å²) >= 11 is 0. The first kappa shape index (κ1) is 13.9. The van der Waals surface area contributed by atoms with Crippen molar-refractivity contribution in [3.63, 3.8) is 0 Å². The number of aliphatic hydroxyl groups excluding tert-OH is 1. The van der Waals surface area contributed by atoms with Crippen molar-refractivity contribution in [2.24, 2.45) is 5.92 Å². The number of benzene rings is 1. The Hall–Kier alpha value is -1.49. The van der Waals surface area contributed by atoms with E-state index >= 15 is 0 Å². The van der Waals surface area contributed by atoms with E-state index in [1.165, 1.54) is 6.07 Å². The third-order valence-corrected chi connectivity index (χ3v) is 3.36. The van der Waals surface area contributed by atoms with Gasteiger partial charge in [0.2, 0.25) is 5.91 Å². The van der Waals surface area contributed by atoms with Crippen molar-refractivity contribution in [3.05, 3.63) is 35.4 Å². The van der Waals surface area contributed by atoms with Gasteiger partial charge in [0.25, 0.3) is 0 Å². The molecule has 3 atom stereocenters. The zero-order valence-corrected chi connectivity index (χ0v) is 10.7. The lowest BCUT2D eigenvalue weighted by atomic mass is 10.1. The van der Waals surface area contributed by atoms with Gasteiger partial charge in [0.15, 0.2) is 11.6 Å². The fraction of sp³-hybridized carbons (Fsp3) is 0.500. The molecule has 19 heavy (non-hydrogen) atoms. The highest BCUT2D eigenvalue weighted by Crippen LogP contribution is 2.47. The molecule has 0 aromatic heterocycles. The van der Waals surface area contributed by atoms with Gasteiger partial charge in [-0.15, -0.1) is 0 Å². The fourth-order valence-corrected chi connectivity index (χ4v) is 2.13. The van der Waals surface area contributed by atoms with Crippen molar-refractivity contribution in [2.75, 3.05) is 6.54 Å². The van der Waals surface area contributed by atoms with Crippen molar-refractivity contribution < 1.29 is 18.7 Å². The quantitative estimate of drug-likeness (QED) is 0.858. The number of carbonyl (C=O) groups excluding carboxylic acids is 1. The number of hydrogen-bond acceptors (Lipinski definition) is 2. The lowest BCUT2D eigenvalue weighted by Crippen LogP contribution is -2.28. The van der Waals surface area contributed by atoms with Crippen LogP contribution in [-0.4, -0.2) is 23.7 Å². The smallest absolute Gasteiger partial charge is 0.223 e. The highest BCUT2D eigenvalue weighted by Gasteiger charge is 2.43. The minimum atomic E-state index is -0.877. The largest absolute Gasteiger partial charge is 0.393 e. The Kier molecular flexibility index (Phi) is 4.14. The van der Waals surface area contributed by atoms with Crippen molar-refractivity contribution >= 4 is 5.91 Å². The molecule has 0 spiro atoms. The number of nitrogens with one attached hydrogen (secondary N) is 1. The molecule has 0 saturated heterocycles. The van der Waals surface area contributed by atoms with Crippen molar-refractivity contribution in [1.82, 2.24) is 5.32 Å². The van der Waals surface area contributed by atoms with Crippen LogP contribution < -0.4 is 5.32 Å². The van der Waals surface area contributed by atoms with Gasteiger partial charge in [-0.1, -0.05) is 6.07 Å². The van der Waals surface area contributed by atoms with Gasteiger partial charge in [0, 0.05) is 12.5 Å². The van der Waals surface area contributed by atoms with Gasteiger partial charge >= 0.3 is 0 Å². The minimum absolute atomic E-state index is 0.0263. The topological polar surface area (TPSA) is 49.3 Å². The highest BCUT2D eigenvalue weighted by atomic mass is 19.2. The molecule has 3 unspecified atom stereocenters. The van der Waals surface area contributed by atoms with E-state index in [9.17, 15) is 13.6 Å². The Labute approximate surface area is 110 Å². The normalized spacial score (nSPS) is 22.9. The summed E-state index contributed by atoms with van der Waals surface area (Å²) in [7, 11) is 0. The summed E-state index contributed by atoms with van der Waals surface area (Å²) in [5.74, 6) is -2.03. The van der Waals surface area contributed by atoms with E-state index in [0.717, 1.165) is 12.1 Å². The van der Waals surface area contributed by atoms with Crippen LogP contribution in [0.4, 0.5) is 8.78 Å². The van der Waals surface area contributed by atoms with Crippen LogP contribution in [0.2, 0.25) is 0 Å². The average Bonchev–Trinajstić information content (AvgIpc) is 3.12. The summed E-state index contributed by atoms with van der Waals surface area (Å²) in [6, 6.07) is 3.76.